The van der Waals surface area contributed by atoms with Crippen molar-refractivity contribution in [3.8, 4) is 0 Å². The molecule has 0 bridgehead atoms. The van der Waals surface area contributed by atoms with Gasteiger partial charge >= 0.3 is 0 Å². The van der Waals surface area contributed by atoms with Gasteiger partial charge in [0.25, 0.3) is 0 Å². The van der Waals surface area contributed by atoms with E-state index in [1.807, 2.05) is 20.8 Å². The Bertz CT molecular complexity index is 437. The number of aryl methyl sites for hydroxylation is 3. The Labute approximate surface area is 114 Å². The van der Waals surface area contributed by atoms with Crippen LogP contribution in [0.2, 0.25) is 0 Å². The Kier molecular flexibility index (Phi) is 4.73. The number of rotatable bonds is 3. The molecule has 0 fully saturated rings. The van der Waals surface area contributed by atoms with E-state index in [0.29, 0.717) is 0 Å². The maximum absolute atomic E-state index is 12.1. The monoisotopic (exact) mass is 267 g/mol. The van der Waals surface area contributed by atoms with E-state index >= 15 is 0 Å². The molecule has 0 heterocycles. The minimum Gasteiger partial charge on any atom is -0.242 e. The lowest BCUT2D eigenvalue weighted by Gasteiger charge is -2.24. The first-order valence-corrected chi connectivity index (χ1v) is 7.53. The molecule has 1 aromatic carbocycles. The van der Waals surface area contributed by atoms with E-state index in [1.165, 1.54) is 22.3 Å². The summed E-state index contributed by atoms with van der Waals surface area (Å²) in [6, 6.07) is 4.46. The van der Waals surface area contributed by atoms with Gasteiger partial charge in [0.05, 0.1) is 15.7 Å². The van der Waals surface area contributed by atoms with Gasteiger partial charge in [-0.2, -0.15) is 0 Å². The third-order valence-corrected chi connectivity index (χ3v) is 4.69. The van der Waals surface area contributed by atoms with Gasteiger partial charge in [0.2, 0.25) is 0 Å². The Morgan fingerprint density at radius 2 is 1.56 bits per heavy atom. The van der Waals surface area contributed by atoms with Crippen molar-refractivity contribution >= 4 is 11.0 Å². The number of hydrogen-bond acceptors (Lipinski definition) is 1. The van der Waals surface area contributed by atoms with Crippen LogP contribution in [0.1, 0.15) is 56.0 Å². The molecule has 0 saturated carbocycles. The molecule has 1 N–H and O–H groups in total. The van der Waals surface area contributed by atoms with Crippen molar-refractivity contribution in [1.82, 2.24) is 4.72 Å². The zero-order chi connectivity index (χ0) is 14.1. The minimum absolute atomic E-state index is 0.102. The van der Waals surface area contributed by atoms with E-state index in [1.54, 1.807) is 0 Å². The van der Waals surface area contributed by atoms with Crippen molar-refractivity contribution in [2.45, 2.75) is 59.3 Å². The molecule has 0 radical (unpaired) electrons. The summed E-state index contributed by atoms with van der Waals surface area (Å²) in [4.78, 5) is 0. The van der Waals surface area contributed by atoms with E-state index in [9.17, 15) is 4.21 Å². The summed E-state index contributed by atoms with van der Waals surface area (Å²) in [7, 11) is -1.04. The maximum atomic E-state index is 12.1. The number of benzene rings is 1. The van der Waals surface area contributed by atoms with Crippen LogP contribution in [0.3, 0.4) is 0 Å². The summed E-state index contributed by atoms with van der Waals surface area (Å²) in [5.74, 6) is 0. The predicted octanol–water partition coefficient (Wildman–Crippen LogP) is 3.72. The highest BCUT2D eigenvalue weighted by molar-refractivity contribution is 7.84. The second-order valence-electron chi connectivity index (χ2n) is 6.03. The molecular formula is C15H25NOS. The summed E-state index contributed by atoms with van der Waals surface area (Å²) >= 11 is 0. The second kappa shape index (κ2) is 5.54. The molecular weight excluding hydrogens is 242 g/mol. The van der Waals surface area contributed by atoms with Crippen LogP contribution < -0.4 is 4.72 Å². The molecule has 102 valence electrons. The van der Waals surface area contributed by atoms with Crippen molar-refractivity contribution in [3.63, 3.8) is 0 Å². The van der Waals surface area contributed by atoms with Gasteiger partial charge in [0.1, 0.15) is 0 Å². The van der Waals surface area contributed by atoms with Crippen LogP contribution in [0.15, 0.2) is 12.1 Å². The van der Waals surface area contributed by atoms with Crippen LogP contribution in [-0.2, 0) is 11.0 Å². The smallest absolute Gasteiger partial charge is 0.0975 e. The van der Waals surface area contributed by atoms with Gasteiger partial charge in [-0.3, -0.25) is 0 Å². The number of hydrogen-bond donors (Lipinski definition) is 1. The predicted molar refractivity (Wildman–Crippen MR) is 80.1 cm³/mol. The molecule has 1 aromatic rings. The lowest BCUT2D eigenvalue weighted by molar-refractivity contribution is 0.614. The van der Waals surface area contributed by atoms with Crippen LogP contribution in [0.25, 0.3) is 0 Å². The maximum Gasteiger partial charge on any atom is 0.0975 e. The first-order valence-electron chi connectivity index (χ1n) is 6.38. The molecule has 0 aliphatic heterocycles. The molecule has 18 heavy (non-hydrogen) atoms. The highest BCUT2D eigenvalue weighted by atomic mass is 32.2. The SMILES string of the molecule is Cc1cc(C)c(C(C)NS(=O)C(C)(C)C)c(C)c1. The zero-order valence-electron chi connectivity index (χ0n) is 12.5. The van der Waals surface area contributed by atoms with Gasteiger partial charge in [0.15, 0.2) is 0 Å². The normalized spacial score (nSPS) is 15.5. The lowest BCUT2D eigenvalue weighted by Crippen LogP contribution is -2.35. The average molecular weight is 267 g/mol. The third-order valence-electron chi connectivity index (χ3n) is 3.01. The molecule has 2 nitrogen and oxygen atoms in total. The molecule has 0 spiro atoms. The summed E-state index contributed by atoms with van der Waals surface area (Å²) in [6.45, 7) is 14.4. The Morgan fingerprint density at radius 3 is 1.94 bits per heavy atom. The lowest BCUT2D eigenvalue weighted by atomic mass is 9.95. The van der Waals surface area contributed by atoms with Crippen molar-refractivity contribution in [3.05, 3.63) is 34.4 Å². The van der Waals surface area contributed by atoms with Crippen molar-refractivity contribution < 1.29 is 4.21 Å². The van der Waals surface area contributed by atoms with Crippen LogP contribution in [0, 0.1) is 20.8 Å². The molecule has 0 aliphatic carbocycles. The molecule has 0 aliphatic rings. The topological polar surface area (TPSA) is 29.1 Å². The zero-order valence-corrected chi connectivity index (χ0v) is 13.4. The Morgan fingerprint density at radius 1 is 1.11 bits per heavy atom. The quantitative estimate of drug-likeness (QED) is 0.888. The standard InChI is InChI=1S/C15H25NOS/c1-10-8-11(2)14(12(3)9-10)13(4)16-18(17)15(5,6)7/h8-9,13,16H,1-7H3. The first-order chi connectivity index (χ1) is 8.12. The van der Waals surface area contributed by atoms with E-state index in [-0.39, 0.29) is 10.8 Å². The van der Waals surface area contributed by atoms with Crippen LogP contribution >= 0.6 is 0 Å². The van der Waals surface area contributed by atoms with E-state index in [2.05, 4.69) is 44.5 Å². The molecule has 3 heteroatoms. The number of nitrogens with one attached hydrogen (secondary N) is 1. The van der Waals surface area contributed by atoms with E-state index < -0.39 is 11.0 Å². The largest absolute Gasteiger partial charge is 0.242 e. The van der Waals surface area contributed by atoms with E-state index in [0.717, 1.165) is 0 Å². The molecule has 1 rings (SSSR count). The fourth-order valence-corrected chi connectivity index (χ4v) is 3.06. The van der Waals surface area contributed by atoms with Gasteiger partial charge in [0, 0.05) is 6.04 Å². The van der Waals surface area contributed by atoms with Crippen molar-refractivity contribution in [1.29, 1.82) is 0 Å². The molecule has 0 aromatic heterocycles. The molecule has 0 saturated heterocycles. The minimum atomic E-state index is -1.04. The second-order valence-corrected chi connectivity index (χ2v) is 8.03. The first kappa shape index (κ1) is 15.4. The van der Waals surface area contributed by atoms with E-state index in [4.69, 9.17) is 0 Å². The molecule has 0 amide bonds. The van der Waals surface area contributed by atoms with Crippen LogP contribution in [0.5, 0.6) is 0 Å². The van der Waals surface area contributed by atoms with Gasteiger partial charge in [-0.25, -0.2) is 8.93 Å². The van der Waals surface area contributed by atoms with Crippen LogP contribution in [-0.4, -0.2) is 8.96 Å². The van der Waals surface area contributed by atoms with Gasteiger partial charge in [-0.15, -0.1) is 0 Å². The summed E-state index contributed by atoms with van der Waals surface area (Å²) in [5.41, 5.74) is 5.06. The highest BCUT2D eigenvalue weighted by Crippen LogP contribution is 2.24. The van der Waals surface area contributed by atoms with Gasteiger partial charge in [-0.05, 0) is 65.2 Å². The summed E-state index contributed by atoms with van der Waals surface area (Å²) in [5, 5.41) is 0. The molecule has 2 atom stereocenters. The van der Waals surface area contributed by atoms with Crippen molar-refractivity contribution in [2.75, 3.05) is 0 Å². The molecule has 2 unspecified atom stereocenters. The average Bonchev–Trinajstić information content (AvgIpc) is 2.13. The fourth-order valence-electron chi connectivity index (χ4n) is 2.27. The van der Waals surface area contributed by atoms with Gasteiger partial charge < -0.3 is 0 Å². The Balaban J connectivity index is 2.99. The Hall–Kier alpha value is -0.670. The highest BCUT2D eigenvalue weighted by Gasteiger charge is 2.22. The summed E-state index contributed by atoms with van der Waals surface area (Å²) in [6.07, 6.45) is 0. The third kappa shape index (κ3) is 3.66. The summed E-state index contributed by atoms with van der Waals surface area (Å²) < 4.78 is 15.1. The van der Waals surface area contributed by atoms with Gasteiger partial charge in [-0.1, -0.05) is 17.7 Å². The fraction of sp³-hybridized carbons (Fsp3) is 0.600. The van der Waals surface area contributed by atoms with Crippen molar-refractivity contribution in [2.24, 2.45) is 0 Å². The van der Waals surface area contributed by atoms with Crippen LogP contribution in [0.4, 0.5) is 0 Å².